The van der Waals surface area contributed by atoms with Crippen molar-refractivity contribution in [2.45, 2.75) is 40.0 Å². The second-order valence-electron chi connectivity index (χ2n) is 3.77. The highest BCUT2D eigenvalue weighted by Gasteiger charge is 2.11. The molecule has 78 valence electrons. The van der Waals surface area contributed by atoms with Crippen LogP contribution in [-0.4, -0.2) is 10.2 Å². The molecule has 0 saturated carbocycles. The Morgan fingerprint density at radius 1 is 1.21 bits per heavy atom. The fourth-order valence-corrected chi connectivity index (χ4v) is 1.60. The lowest BCUT2D eigenvalue weighted by atomic mass is 9.98. The van der Waals surface area contributed by atoms with Crippen molar-refractivity contribution in [2.75, 3.05) is 0 Å². The van der Waals surface area contributed by atoms with Gasteiger partial charge in [0.25, 0.3) is 0 Å². The van der Waals surface area contributed by atoms with E-state index in [0.717, 1.165) is 30.4 Å². The fraction of sp³-hybridized carbons (Fsp3) is 0.500. The smallest absolute Gasteiger partial charge is 0.125 e. The van der Waals surface area contributed by atoms with Crippen LogP contribution in [0.2, 0.25) is 0 Å². The van der Waals surface area contributed by atoms with Gasteiger partial charge < -0.3 is 10.2 Å². The molecule has 0 aliphatic heterocycles. The molecular weight excluding hydrogens is 176 g/mol. The molecular formula is C12H18O2. The van der Waals surface area contributed by atoms with E-state index < -0.39 is 0 Å². The number of phenols is 2. The summed E-state index contributed by atoms with van der Waals surface area (Å²) in [6, 6.07) is 1.72. The highest BCUT2D eigenvalue weighted by Crippen LogP contribution is 2.33. The SMILES string of the molecule is CCCCc1c(C)cc(O)c(C)c1O. The van der Waals surface area contributed by atoms with E-state index in [2.05, 4.69) is 6.92 Å². The van der Waals surface area contributed by atoms with Crippen molar-refractivity contribution in [1.82, 2.24) is 0 Å². The molecule has 0 amide bonds. The van der Waals surface area contributed by atoms with Gasteiger partial charge in [-0.1, -0.05) is 13.3 Å². The Bertz CT molecular complexity index is 330. The predicted molar refractivity (Wildman–Crippen MR) is 57.9 cm³/mol. The summed E-state index contributed by atoms with van der Waals surface area (Å²) in [7, 11) is 0. The van der Waals surface area contributed by atoms with E-state index in [1.165, 1.54) is 0 Å². The van der Waals surface area contributed by atoms with Crippen LogP contribution in [0, 0.1) is 13.8 Å². The zero-order valence-corrected chi connectivity index (χ0v) is 9.09. The van der Waals surface area contributed by atoms with Gasteiger partial charge in [-0.05, 0) is 43.9 Å². The average Bonchev–Trinajstić information content (AvgIpc) is 2.14. The summed E-state index contributed by atoms with van der Waals surface area (Å²) >= 11 is 0. The van der Waals surface area contributed by atoms with E-state index in [-0.39, 0.29) is 11.5 Å². The standard InChI is InChI=1S/C12H18O2/c1-4-5-6-10-8(2)7-11(13)9(3)12(10)14/h7,13-14H,4-6H2,1-3H3. The molecule has 2 heteroatoms. The molecule has 0 aliphatic rings. The zero-order valence-electron chi connectivity index (χ0n) is 9.09. The lowest BCUT2D eigenvalue weighted by molar-refractivity contribution is 0.437. The minimum absolute atomic E-state index is 0.181. The molecule has 1 aromatic rings. The lowest BCUT2D eigenvalue weighted by Gasteiger charge is -2.11. The summed E-state index contributed by atoms with van der Waals surface area (Å²) in [5.41, 5.74) is 2.53. The Labute approximate surface area is 85.2 Å². The quantitative estimate of drug-likeness (QED) is 0.776. The molecule has 0 atom stereocenters. The molecule has 2 nitrogen and oxygen atoms in total. The number of hydrogen-bond donors (Lipinski definition) is 2. The predicted octanol–water partition coefficient (Wildman–Crippen LogP) is 3.06. The van der Waals surface area contributed by atoms with E-state index in [4.69, 9.17) is 0 Å². The summed E-state index contributed by atoms with van der Waals surface area (Å²) < 4.78 is 0. The Kier molecular flexibility index (Phi) is 3.39. The number of unbranched alkanes of at least 4 members (excludes halogenated alkanes) is 1. The van der Waals surface area contributed by atoms with Crippen LogP contribution in [0.5, 0.6) is 11.5 Å². The van der Waals surface area contributed by atoms with Gasteiger partial charge in [-0.2, -0.15) is 0 Å². The normalized spacial score (nSPS) is 10.5. The Morgan fingerprint density at radius 3 is 2.43 bits per heavy atom. The van der Waals surface area contributed by atoms with Crippen LogP contribution in [0.1, 0.15) is 36.5 Å². The number of rotatable bonds is 3. The van der Waals surface area contributed by atoms with Gasteiger partial charge in [0.15, 0.2) is 0 Å². The first-order chi connectivity index (χ1) is 6.57. The van der Waals surface area contributed by atoms with Crippen molar-refractivity contribution >= 4 is 0 Å². The summed E-state index contributed by atoms with van der Waals surface area (Å²) in [6.45, 7) is 5.78. The van der Waals surface area contributed by atoms with Gasteiger partial charge in [-0.15, -0.1) is 0 Å². The van der Waals surface area contributed by atoms with Crippen LogP contribution >= 0.6 is 0 Å². The zero-order chi connectivity index (χ0) is 10.7. The van der Waals surface area contributed by atoms with Gasteiger partial charge >= 0.3 is 0 Å². The number of aromatic hydroxyl groups is 2. The van der Waals surface area contributed by atoms with Crippen molar-refractivity contribution in [2.24, 2.45) is 0 Å². The second kappa shape index (κ2) is 4.36. The van der Waals surface area contributed by atoms with Crippen molar-refractivity contribution in [3.8, 4) is 11.5 Å². The molecule has 0 aromatic heterocycles. The van der Waals surface area contributed by atoms with Crippen LogP contribution in [-0.2, 0) is 6.42 Å². The molecule has 0 unspecified atom stereocenters. The highest BCUT2D eigenvalue weighted by atomic mass is 16.3. The minimum atomic E-state index is 0.181. The van der Waals surface area contributed by atoms with Gasteiger partial charge in [0.1, 0.15) is 11.5 Å². The Balaban J connectivity index is 3.09. The number of benzene rings is 1. The van der Waals surface area contributed by atoms with Crippen molar-refractivity contribution in [1.29, 1.82) is 0 Å². The largest absolute Gasteiger partial charge is 0.508 e. The summed E-state index contributed by atoms with van der Waals surface area (Å²) in [6.07, 6.45) is 3.06. The van der Waals surface area contributed by atoms with E-state index >= 15 is 0 Å². The van der Waals surface area contributed by atoms with Gasteiger partial charge in [0, 0.05) is 5.56 Å². The van der Waals surface area contributed by atoms with E-state index in [0.29, 0.717) is 5.56 Å². The maximum atomic E-state index is 9.83. The third-order valence-electron chi connectivity index (χ3n) is 2.63. The van der Waals surface area contributed by atoms with E-state index in [1.807, 2.05) is 6.92 Å². The topological polar surface area (TPSA) is 40.5 Å². The molecule has 0 fully saturated rings. The second-order valence-corrected chi connectivity index (χ2v) is 3.77. The van der Waals surface area contributed by atoms with Crippen molar-refractivity contribution < 1.29 is 10.2 Å². The molecule has 0 spiro atoms. The van der Waals surface area contributed by atoms with Crippen LogP contribution in [0.4, 0.5) is 0 Å². The summed E-state index contributed by atoms with van der Waals surface area (Å²) in [4.78, 5) is 0. The first kappa shape index (κ1) is 10.9. The van der Waals surface area contributed by atoms with Crippen molar-refractivity contribution in [3.05, 3.63) is 22.8 Å². The maximum absolute atomic E-state index is 9.83. The molecule has 1 rings (SSSR count). The Morgan fingerprint density at radius 2 is 1.86 bits per heavy atom. The molecule has 0 heterocycles. The van der Waals surface area contributed by atoms with E-state index in [1.54, 1.807) is 13.0 Å². The van der Waals surface area contributed by atoms with E-state index in [9.17, 15) is 10.2 Å². The van der Waals surface area contributed by atoms with Gasteiger partial charge in [0.05, 0.1) is 0 Å². The van der Waals surface area contributed by atoms with Gasteiger partial charge in [-0.25, -0.2) is 0 Å². The minimum Gasteiger partial charge on any atom is -0.508 e. The third-order valence-corrected chi connectivity index (χ3v) is 2.63. The number of phenolic OH excluding ortho intramolecular Hbond substituents is 2. The van der Waals surface area contributed by atoms with Crippen LogP contribution in [0.15, 0.2) is 6.07 Å². The van der Waals surface area contributed by atoms with Gasteiger partial charge in [0.2, 0.25) is 0 Å². The first-order valence-corrected chi connectivity index (χ1v) is 5.09. The van der Waals surface area contributed by atoms with Crippen LogP contribution < -0.4 is 0 Å². The average molecular weight is 194 g/mol. The highest BCUT2D eigenvalue weighted by molar-refractivity contribution is 5.51. The first-order valence-electron chi connectivity index (χ1n) is 5.09. The van der Waals surface area contributed by atoms with Crippen LogP contribution in [0.25, 0.3) is 0 Å². The molecule has 0 aliphatic carbocycles. The monoisotopic (exact) mass is 194 g/mol. The fourth-order valence-electron chi connectivity index (χ4n) is 1.60. The van der Waals surface area contributed by atoms with Crippen LogP contribution in [0.3, 0.4) is 0 Å². The number of hydrogen-bond acceptors (Lipinski definition) is 2. The molecule has 0 saturated heterocycles. The van der Waals surface area contributed by atoms with Gasteiger partial charge in [-0.3, -0.25) is 0 Å². The molecule has 0 bridgehead atoms. The third kappa shape index (κ3) is 2.00. The molecule has 14 heavy (non-hydrogen) atoms. The summed E-state index contributed by atoms with van der Waals surface area (Å²) in [5.74, 6) is 0.441. The molecule has 0 radical (unpaired) electrons. The molecule has 1 aromatic carbocycles. The number of aryl methyl sites for hydroxylation is 1. The lowest BCUT2D eigenvalue weighted by Crippen LogP contribution is -1.93. The Hall–Kier alpha value is -1.18. The maximum Gasteiger partial charge on any atom is 0.125 e. The van der Waals surface area contributed by atoms with Crippen molar-refractivity contribution in [3.63, 3.8) is 0 Å². The molecule has 2 N–H and O–H groups in total. The summed E-state index contributed by atoms with van der Waals surface area (Å²) in [5, 5.41) is 19.3.